The van der Waals surface area contributed by atoms with Crippen molar-refractivity contribution in [2.45, 2.75) is 51.6 Å². The van der Waals surface area contributed by atoms with Gasteiger partial charge in [0.25, 0.3) is 0 Å². The van der Waals surface area contributed by atoms with Crippen LogP contribution in [0, 0.1) is 5.92 Å². The lowest BCUT2D eigenvalue weighted by Crippen LogP contribution is -2.33. The fourth-order valence-corrected chi connectivity index (χ4v) is 2.97. The van der Waals surface area contributed by atoms with Crippen LogP contribution in [0.5, 0.6) is 0 Å². The van der Waals surface area contributed by atoms with Gasteiger partial charge in [0, 0.05) is 31.4 Å². The van der Waals surface area contributed by atoms with Crippen molar-refractivity contribution in [3.05, 3.63) is 29.8 Å². The van der Waals surface area contributed by atoms with Crippen molar-refractivity contribution < 1.29 is 0 Å². The number of benzene rings is 1. The minimum atomic E-state index is 0.799. The van der Waals surface area contributed by atoms with Crippen LogP contribution in [0.15, 0.2) is 24.3 Å². The van der Waals surface area contributed by atoms with Gasteiger partial charge in [0.05, 0.1) is 0 Å². The normalized spacial score (nSPS) is 20.8. The highest BCUT2D eigenvalue weighted by Gasteiger charge is 2.20. The van der Waals surface area contributed by atoms with Gasteiger partial charge >= 0.3 is 0 Å². The monoisotopic (exact) mass is 258 g/mol. The molecule has 1 N–H and O–H groups in total. The van der Waals surface area contributed by atoms with Crippen molar-refractivity contribution in [2.24, 2.45) is 5.92 Å². The van der Waals surface area contributed by atoms with Crippen LogP contribution < -0.4 is 10.2 Å². The van der Waals surface area contributed by atoms with Crippen molar-refractivity contribution in [3.8, 4) is 0 Å². The second kappa shape index (κ2) is 5.96. The van der Waals surface area contributed by atoms with Gasteiger partial charge in [-0.15, -0.1) is 0 Å². The van der Waals surface area contributed by atoms with E-state index in [9.17, 15) is 0 Å². The van der Waals surface area contributed by atoms with E-state index in [1.165, 1.54) is 56.4 Å². The molecule has 104 valence electrons. The largest absolute Gasteiger partial charge is 0.372 e. The number of rotatable bonds is 5. The van der Waals surface area contributed by atoms with Crippen LogP contribution >= 0.6 is 0 Å². The van der Waals surface area contributed by atoms with E-state index in [1.807, 2.05) is 0 Å². The Morgan fingerprint density at radius 2 is 1.74 bits per heavy atom. The van der Waals surface area contributed by atoms with E-state index in [1.54, 1.807) is 0 Å². The second-order valence-corrected chi connectivity index (χ2v) is 6.16. The molecule has 0 unspecified atom stereocenters. The molecular formula is C17H26N2. The lowest BCUT2D eigenvalue weighted by atomic mass is 9.94. The predicted molar refractivity (Wildman–Crippen MR) is 81.5 cm³/mol. The molecule has 1 aromatic rings. The maximum Gasteiger partial charge on any atom is 0.0366 e. The predicted octanol–water partition coefficient (Wildman–Crippen LogP) is 3.57. The summed E-state index contributed by atoms with van der Waals surface area (Å²) in [5, 5.41) is 3.57. The van der Waals surface area contributed by atoms with Crippen molar-refractivity contribution >= 4 is 5.69 Å². The Hall–Kier alpha value is -1.02. The Labute approximate surface area is 117 Å². The zero-order valence-corrected chi connectivity index (χ0v) is 12.1. The molecule has 2 fully saturated rings. The molecule has 0 atom stereocenters. The van der Waals surface area contributed by atoms with E-state index in [2.05, 4.69) is 41.4 Å². The van der Waals surface area contributed by atoms with Gasteiger partial charge in [0.15, 0.2) is 0 Å². The van der Waals surface area contributed by atoms with Crippen LogP contribution in [0.3, 0.4) is 0 Å². The fourth-order valence-electron chi connectivity index (χ4n) is 2.97. The van der Waals surface area contributed by atoms with Gasteiger partial charge in [0.2, 0.25) is 0 Å². The molecule has 0 spiro atoms. The molecule has 1 aromatic carbocycles. The summed E-state index contributed by atoms with van der Waals surface area (Å²) >= 11 is 0. The van der Waals surface area contributed by atoms with Crippen LogP contribution in [-0.2, 0) is 6.54 Å². The summed E-state index contributed by atoms with van der Waals surface area (Å²) in [5.74, 6) is 0.957. The molecule has 1 saturated heterocycles. The van der Waals surface area contributed by atoms with Gasteiger partial charge in [-0.2, -0.15) is 0 Å². The Balaban J connectivity index is 1.53. The Kier molecular flexibility index (Phi) is 4.07. The summed E-state index contributed by atoms with van der Waals surface area (Å²) in [7, 11) is 0. The SMILES string of the molecule is CCC1CCN(c2ccc(CNC3CC3)cc2)CC1. The average molecular weight is 258 g/mol. The van der Waals surface area contributed by atoms with Gasteiger partial charge in [-0.1, -0.05) is 25.5 Å². The van der Waals surface area contributed by atoms with Crippen LogP contribution in [-0.4, -0.2) is 19.1 Å². The van der Waals surface area contributed by atoms with Crippen LogP contribution in [0.2, 0.25) is 0 Å². The van der Waals surface area contributed by atoms with Crippen molar-refractivity contribution in [3.63, 3.8) is 0 Å². The summed E-state index contributed by atoms with van der Waals surface area (Å²) in [6.45, 7) is 5.82. The third-order valence-corrected chi connectivity index (χ3v) is 4.67. The summed E-state index contributed by atoms with van der Waals surface area (Å²) in [6, 6.07) is 9.98. The minimum absolute atomic E-state index is 0.799. The molecule has 2 heteroatoms. The highest BCUT2D eigenvalue weighted by molar-refractivity contribution is 5.48. The first-order valence-electron chi connectivity index (χ1n) is 7.92. The first-order valence-corrected chi connectivity index (χ1v) is 7.92. The maximum atomic E-state index is 3.57. The van der Waals surface area contributed by atoms with Crippen LogP contribution in [0.25, 0.3) is 0 Å². The first-order chi connectivity index (χ1) is 9.35. The lowest BCUT2D eigenvalue weighted by Gasteiger charge is -2.33. The van der Waals surface area contributed by atoms with E-state index in [0.717, 1.165) is 18.5 Å². The molecule has 2 nitrogen and oxygen atoms in total. The van der Waals surface area contributed by atoms with Crippen molar-refractivity contribution in [1.29, 1.82) is 0 Å². The number of nitrogens with one attached hydrogen (secondary N) is 1. The first kappa shape index (κ1) is 13.0. The third-order valence-electron chi connectivity index (χ3n) is 4.67. The Bertz CT molecular complexity index is 386. The number of nitrogens with zero attached hydrogens (tertiary/aromatic N) is 1. The highest BCUT2D eigenvalue weighted by atomic mass is 15.1. The molecule has 0 aromatic heterocycles. The zero-order valence-electron chi connectivity index (χ0n) is 12.1. The second-order valence-electron chi connectivity index (χ2n) is 6.16. The summed E-state index contributed by atoms with van der Waals surface area (Å²) in [4.78, 5) is 2.55. The molecule has 0 radical (unpaired) electrons. The van der Waals surface area contributed by atoms with Gasteiger partial charge in [-0.3, -0.25) is 0 Å². The molecule has 3 rings (SSSR count). The summed E-state index contributed by atoms with van der Waals surface area (Å²) < 4.78 is 0. The van der Waals surface area contributed by atoms with E-state index >= 15 is 0 Å². The molecule has 0 bridgehead atoms. The van der Waals surface area contributed by atoms with E-state index in [-0.39, 0.29) is 0 Å². The molecule has 1 aliphatic carbocycles. The standard InChI is InChI=1S/C17H26N2/c1-2-14-9-11-19(12-10-14)17-7-3-15(4-8-17)13-18-16-5-6-16/h3-4,7-8,14,16,18H,2,5-6,9-13H2,1H3. The average Bonchev–Trinajstić information content (AvgIpc) is 3.30. The third kappa shape index (κ3) is 3.50. The molecular weight excluding hydrogens is 232 g/mol. The van der Waals surface area contributed by atoms with Gasteiger partial charge < -0.3 is 10.2 Å². The zero-order chi connectivity index (χ0) is 13.1. The molecule has 2 aliphatic rings. The number of hydrogen-bond donors (Lipinski definition) is 1. The smallest absolute Gasteiger partial charge is 0.0366 e. The molecule has 1 aliphatic heterocycles. The van der Waals surface area contributed by atoms with Crippen molar-refractivity contribution in [2.75, 3.05) is 18.0 Å². The van der Waals surface area contributed by atoms with E-state index in [0.29, 0.717) is 0 Å². The Morgan fingerprint density at radius 3 is 2.32 bits per heavy atom. The van der Waals surface area contributed by atoms with Gasteiger partial charge in [-0.05, 0) is 49.3 Å². The maximum absolute atomic E-state index is 3.57. The molecule has 19 heavy (non-hydrogen) atoms. The fraction of sp³-hybridized carbons (Fsp3) is 0.647. The van der Waals surface area contributed by atoms with Gasteiger partial charge in [0.1, 0.15) is 0 Å². The van der Waals surface area contributed by atoms with E-state index in [4.69, 9.17) is 0 Å². The summed E-state index contributed by atoms with van der Waals surface area (Å²) in [6.07, 6.45) is 6.80. The molecule has 0 amide bonds. The number of anilines is 1. The molecule has 1 saturated carbocycles. The van der Waals surface area contributed by atoms with Crippen molar-refractivity contribution in [1.82, 2.24) is 5.32 Å². The number of hydrogen-bond acceptors (Lipinski definition) is 2. The van der Waals surface area contributed by atoms with E-state index < -0.39 is 0 Å². The Morgan fingerprint density at radius 1 is 1.05 bits per heavy atom. The highest BCUT2D eigenvalue weighted by Crippen LogP contribution is 2.25. The quantitative estimate of drug-likeness (QED) is 0.868. The van der Waals surface area contributed by atoms with Gasteiger partial charge in [-0.25, -0.2) is 0 Å². The minimum Gasteiger partial charge on any atom is -0.372 e. The van der Waals surface area contributed by atoms with Crippen LogP contribution in [0.1, 0.15) is 44.6 Å². The molecule has 1 heterocycles. The number of piperidine rings is 1. The lowest BCUT2D eigenvalue weighted by molar-refractivity contribution is 0.395. The van der Waals surface area contributed by atoms with Crippen LogP contribution in [0.4, 0.5) is 5.69 Å². The topological polar surface area (TPSA) is 15.3 Å². The summed E-state index contributed by atoms with van der Waals surface area (Å²) in [5.41, 5.74) is 2.82.